The quantitative estimate of drug-likeness (QED) is 0.651. The normalized spacial score (nSPS) is 14.7. The molecule has 1 aliphatic carbocycles. The van der Waals surface area contributed by atoms with Gasteiger partial charge < -0.3 is 10.5 Å². The molecule has 0 radical (unpaired) electrons. The average Bonchev–Trinajstić information content (AvgIpc) is 3.10. The zero-order chi connectivity index (χ0) is 13.9. The van der Waals surface area contributed by atoms with Gasteiger partial charge in [-0.25, -0.2) is 4.68 Å². The molecule has 1 aliphatic rings. The second-order valence-corrected chi connectivity index (χ2v) is 5.45. The van der Waals surface area contributed by atoms with E-state index in [0.29, 0.717) is 29.7 Å². The van der Waals surface area contributed by atoms with Crippen LogP contribution in [0.5, 0.6) is 0 Å². The first-order chi connectivity index (χ1) is 9.72. The van der Waals surface area contributed by atoms with Crippen LogP contribution in [0.2, 0.25) is 5.02 Å². The Morgan fingerprint density at radius 1 is 1.35 bits per heavy atom. The highest BCUT2D eigenvalue weighted by molar-refractivity contribution is 6.31. The Kier molecular flexibility index (Phi) is 3.84. The van der Waals surface area contributed by atoms with Gasteiger partial charge in [-0.2, -0.15) is 0 Å². The number of benzene rings is 1. The minimum absolute atomic E-state index is 0.569. The predicted molar refractivity (Wildman–Crippen MR) is 76.2 cm³/mol. The van der Waals surface area contributed by atoms with Gasteiger partial charge in [0.05, 0.1) is 13.2 Å². The van der Waals surface area contributed by atoms with Crippen molar-refractivity contribution in [1.82, 2.24) is 20.2 Å². The van der Waals surface area contributed by atoms with Crippen LogP contribution in [-0.2, 0) is 11.3 Å². The largest absolute Gasteiger partial charge is 0.399 e. The SMILES string of the molecule is Nc1cc(Cl)cc(-c2nnnn2CCOCC2CC2)c1. The molecule has 7 heteroatoms. The minimum Gasteiger partial charge on any atom is -0.399 e. The van der Waals surface area contributed by atoms with Gasteiger partial charge in [-0.3, -0.25) is 0 Å². The highest BCUT2D eigenvalue weighted by Gasteiger charge is 2.21. The zero-order valence-electron chi connectivity index (χ0n) is 11.0. The molecule has 0 atom stereocenters. The topological polar surface area (TPSA) is 78.9 Å². The molecule has 0 amide bonds. The number of rotatable bonds is 6. The molecular weight excluding hydrogens is 278 g/mol. The maximum absolute atomic E-state index is 6.01. The van der Waals surface area contributed by atoms with E-state index < -0.39 is 0 Å². The van der Waals surface area contributed by atoms with Crippen molar-refractivity contribution in [3.05, 3.63) is 23.2 Å². The molecular formula is C13H16ClN5O. The Hall–Kier alpha value is -1.66. The minimum atomic E-state index is 0.569. The maximum Gasteiger partial charge on any atom is 0.182 e. The number of hydrogen-bond donors (Lipinski definition) is 1. The molecule has 1 aromatic carbocycles. The first-order valence-corrected chi connectivity index (χ1v) is 7.00. The van der Waals surface area contributed by atoms with E-state index in [1.165, 1.54) is 12.8 Å². The van der Waals surface area contributed by atoms with Crippen molar-refractivity contribution in [2.24, 2.45) is 5.92 Å². The lowest BCUT2D eigenvalue weighted by molar-refractivity contribution is 0.114. The Bertz CT molecular complexity index is 576. The molecule has 1 saturated carbocycles. The van der Waals surface area contributed by atoms with Crippen molar-refractivity contribution in [2.75, 3.05) is 18.9 Å². The van der Waals surface area contributed by atoms with Crippen molar-refractivity contribution in [2.45, 2.75) is 19.4 Å². The van der Waals surface area contributed by atoms with Gasteiger partial charge in [0.15, 0.2) is 5.82 Å². The van der Waals surface area contributed by atoms with Crippen LogP contribution in [0.25, 0.3) is 11.4 Å². The standard InChI is InChI=1S/C13H16ClN5O/c14-11-5-10(6-12(15)7-11)13-16-17-18-19(13)3-4-20-8-9-1-2-9/h5-7,9H,1-4,8,15H2. The third-order valence-corrected chi connectivity index (χ3v) is 3.43. The molecule has 0 unspecified atom stereocenters. The number of anilines is 1. The van der Waals surface area contributed by atoms with Gasteiger partial charge in [-0.1, -0.05) is 11.6 Å². The fourth-order valence-electron chi connectivity index (χ4n) is 1.99. The fraction of sp³-hybridized carbons (Fsp3) is 0.462. The highest BCUT2D eigenvalue weighted by Crippen LogP contribution is 2.28. The van der Waals surface area contributed by atoms with Gasteiger partial charge in [-0.05, 0) is 47.4 Å². The molecule has 0 spiro atoms. The summed E-state index contributed by atoms with van der Waals surface area (Å²) in [6.45, 7) is 2.05. The summed E-state index contributed by atoms with van der Waals surface area (Å²) < 4.78 is 7.31. The van der Waals surface area contributed by atoms with Crippen LogP contribution in [0, 0.1) is 5.92 Å². The van der Waals surface area contributed by atoms with Crippen molar-refractivity contribution >= 4 is 17.3 Å². The lowest BCUT2D eigenvalue weighted by atomic mass is 10.2. The summed E-state index contributed by atoms with van der Waals surface area (Å²) in [5.41, 5.74) is 7.19. The number of tetrazole rings is 1. The summed E-state index contributed by atoms with van der Waals surface area (Å²) in [4.78, 5) is 0. The molecule has 0 saturated heterocycles. The predicted octanol–water partition coefficient (Wildman–Crippen LogP) is 2.00. The number of ether oxygens (including phenoxy) is 1. The first kappa shape index (κ1) is 13.3. The number of nitrogens with zero attached hydrogens (tertiary/aromatic N) is 4. The van der Waals surface area contributed by atoms with Crippen LogP contribution >= 0.6 is 11.6 Å². The second kappa shape index (κ2) is 5.76. The Morgan fingerprint density at radius 3 is 2.95 bits per heavy atom. The number of hydrogen-bond acceptors (Lipinski definition) is 5. The Morgan fingerprint density at radius 2 is 2.20 bits per heavy atom. The molecule has 6 nitrogen and oxygen atoms in total. The molecule has 106 valence electrons. The van der Waals surface area contributed by atoms with Gasteiger partial charge in [0.1, 0.15) is 0 Å². The number of halogens is 1. The van der Waals surface area contributed by atoms with Gasteiger partial charge >= 0.3 is 0 Å². The van der Waals surface area contributed by atoms with Crippen molar-refractivity contribution in [3.63, 3.8) is 0 Å². The summed E-state index contributed by atoms with van der Waals surface area (Å²) in [7, 11) is 0. The van der Waals surface area contributed by atoms with Crippen LogP contribution in [0.3, 0.4) is 0 Å². The molecule has 2 aromatic rings. The maximum atomic E-state index is 6.01. The molecule has 2 N–H and O–H groups in total. The summed E-state index contributed by atoms with van der Waals surface area (Å²) in [6, 6.07) is 5.29. The summed E-state index contributed by atoms with van der Waals surface area (Å²) in [5.74, 6) is 1.41. The highest BCUT2D eigenvalue weighted by atomic mass is 35.5. The van der Waals surface area contributed by atoms with Gasteiger partial charge in [-0.15, -0.1) is 5.10 Å². The zero-order valence-corrected chi connectivity index (χ0v) is 11.8. The van der Waals surface area contributed by atoms with E-state index in [-0.39, 0.29) is 0 Å². The van der Waals surface area contributed by atoms with E-state index in [0.717, 1.165) is 18.1 Å². The van der Waals surface area contributed by atoms with Crippen LogP contribution in [-0.4, -0.2) is 33.4 Å². The van der Waals surface area contributed by atoms with Crippen LogP contribution < -0.4 is 5.73 Å². The van der Waals surface area contributed by atoms with Crippen molar-refractivity contribution in [1.29, 1.82) is 0 Å². The van der Waals surface area contributed by atoms with E-state index in [9.17, 15) is 0 Å². The lowest BCUT2D eigenvalue weighted by Gasteiger charge is -2.06. The van der Waals surface area contributed by atoms with E-state index in [4.69, 9.17) is 22.1 Å². The molecule has 0 aliphatic heterocycles. The van der Waals surface area contributed by atoms with E-state index in [1.807, 2.05) is 0 Å². The van der Waals surface area contributed by atoms with Gasteiger partial charge in [0.2, 0.25) is 0 Å². The monoisotopic (exact) mass is 293 g/mol. The van der Waals surface area contributed by atoms with Crippen molar-refractivity contribution in [3.8, 4) is 11.4 Å². The fourth-order valence-corrected chi connectivity index (χ4v) is 2.23. The summed E-state index contributed by atoms with van der Waals surface area (Å²) in [6.07, 6.45) is 2.58. The number of nitrogens with two attached hydrogens (primary N) is 1. The Labute approximate surface area is 121 Å². The summed E-state index contributed by atoms with van der Waals surface area (Å²) in [5, 5.41) is 12.3. The van der Waals surface area contributed by atoms with Gasteiger partial charge in [0, 0.05) is 22.9 Å². The number of aromatic nitrogens is 4. The summed E-state index contributed by atoms with van der Waals surface area (Å²) >= 11 is 6.01. The van der Waals surface area contributed by atoms with E-state index in [2.05, 4.69) is 15.5 Å². The van der Waals surface area contributed by atoms with E-state index >= 15 is 0 Å². The van der Waals surface area contributed by atoms with Crippen molar-refractivity contribution < 1.29 is 4.74 Å². The molecule has 1 aromatic heterocycles. The smallest absolute Gasteiger partial charge is 0.182 e. The molecule has 0 bridgehead atoms. The Balaban J connectivity index is 1.68. The second-order valence-electron chi connectivity index (χ2n) is 5.02. The lowest BCUT2D eigenvalue weighted by Crippen LogP contribution is -2.10. The van der Waals surface area contributed by atoms with E-state index in [1.54, 1.807) is 22.9 Å². The third kappa shape index (κ3) is 3.26. The first-order valence-electron chi connectivity index (χ1n) is 6.63. The molecule has 20 heavy (non-hydrogen) atoms. The van der Waals surface area contributed by atoms with Crippen LogP contribution in [0.15, 0.2) is 18.2 Å². The molecule has 1 fully saturated rings. The van der Waals surface area contributed by atoms with Gasteiger partial charge in [0.25, 0.3) is 0 Å². The molecule has 1 heterocycles. The van der Waals surface area contributed by atoms with Crippen LogP contribution in [0.1, 0.15) is 12.8 Å². The number of nitrogen functional groups attached to an aromatic ring is 1. The average molecular weight is 294 g/mol. The van der Waals surface area contributed by atoms with Crippen LogP contribution in [0.4, 0.5) is 5.69 Å². The third-order valence-electron chi connectivity index (χ3n) is 3.21. The molecule has 3 rings (SSSR count).